The van der Waals surface area contributed by atoms with E-state index in [2.05, 4.69) is 19.9 Å². The molecule has 0 aliphatic carbocycles. The molecule has 33 heavy (non-hydrogen) atoms. The maximum absolute atomic E-state index is 14.2. The smallest absolute Gasteiger partial charge is 0.306 e. The highest BCUT2D eigenvalue weighted by molar-refractivity contribution is 5.97. The Morgan fingerprint density at radius 2 is 2.06 bits per heavy atom. The number of hydrogen-bond acceptors (Lipinski definition) is 5. The lowest BCUT2D eigenvalue weighted by Crippen LogP contribution is -2.04. The minimum absolute atomic E-state index is 0.230. The van der Waals surface area contributed by atoms with Crippen molar-refractivity contribution in [1.82, 2.24) is 14.5 Å². The van der Waals surface area contributed by atoms with E-state index in [1.165, 1.54) is 24.3 Å². The standard InChI is InChI=1S/C24H21F2N5O2/c1-2-4-14-11-17(26)22(31(32)33)13-19(14)29-24-27-9-8-18(28-24)23-16-12-15(25)6-7-20(16)30-10-3-5-21(23)30/h6-9,11-13H,2-5,10H2,1H3,(H,27,28,29). The second-order valence-electron chi connectivity index (χ2n) is 8.10. The third-order valence-electron chi connectivity index (χ3n) is 5.98. The van der Waals surface area contributed by atoms with Crippen molar-refractivity contribution in [3.05, 3.63) is 75.6 Å². The Kier molecular flexibility index (Phi) is 5.24. The normalized spacial score (nSPS) is 12.8. The third-order valence-corrected chi connectivity index (χ3v) is 5.98. The molecule has 0 amide bonds. The van der Waals surface area contributed by atoms with Gasteiger partial charge in [0, 0.05) is 41.0 Å². The molecule has 2 aromatic heterocycles. The lowest BCUT2D eigenvalue weighted by atomic mass is 10.0. The van der Waals surface area contributed by atoms with E-state index in [9.17, 15) is 18.9 Å². The van der Waals surface area contributed by atoms with Crippen LogP contribution >= 0.6 is 0 Å². The molecule has 2 aromatic carbocycles. The molecule has 7 nitrogen and oxygen atoms in total. The first-order chi connectivity index (χ1) is 16.0. The van der Waals surface area contributed by atoms with Gasteiger partial charge >= 0.3 is 5.69 Å². The van der Waals surface area contributed by atoms with Crippen LogP contribution in [0.25, 0.3) is 22.2 Å². The Balaban J connectivity index is 1.59. The van der Waals surface area contributed by atoms with Crippen LogP contribution < -0.4 is 5.32 Å². The number of aryl methyl sites for hydroxylation is 2. The molecule has 0 unspecified atom stereocenters. The molecule has 0 fully saturated rings. The second kappa shape index (κ2) is 8.23. The zero-order chi connectivity index (χ0) is 23.1. The quantitative estimate of drug-likeness (QED) is 0.291. The van der Waals surface area contributed by atoms with Crippen LogP contribution in [0.5, 0.6) is 0 Å². The predicted molar refractivity (Wildman–Crippen MR) is 122 cm³/mol. The summed E-state index contributed by atoms with van der Waals surface area (Å²) in [5.41, 5.74) is 3.95. The van der Waals surface area contributed by atoms with E-state index < -0.39 is 16.4 Å². The third kappa shape index (κ3) is 3.69. The molecule has 0 bridgehead atoms. The maximum atomic E-state index is 14.2. The molecule has 0 saturated carbocycles. The number of nitro benzene ring substituents is 1. The topological polar surface area (TPSA) is 85.9 Å². The molecule has 9 heteroatoms. The number of nitro groups is 1. The van der Waals surface area contributed by atoms with Gasteiger partial charge in [0.15, 0.2) is 0 Å². The summed E-state index contributed by atoms with van der Waals surface area (Å²) in [6.45, 7) is 2.81. The number of aromatic nitrogens is 3. The summed E-state index contributed by atoms with van der Waals surface area (Å²) in [7, 11) is 0. The fourth-order valence-electron chi connectivity index (χ4n) is 4.60. The Morgan fingerprint density at radius 1 is 1.21 bits per heavy atom. The van der Waals surface area contributed by atoms with Crippen LogP contribution in [-0.2, 0) is 19.4 Å². The molecule has 0 spiro atoms. The molecule has 4 aromatic rings. The van der Waals surface area contributed by atoms with Gasteiger partial charge in [-0.1, -0.05) is 13.3 Å². The monoisotopic (exact) mass is 449 g/mol. The molecule has 1 aliphatic rings. The molecule has 5 rings (SSSR count). The number of benzene rings is 2. The van der Waals surface area contributed by atoms with Crippen LogP contribution in [0.2, 0.25) is 0 Å². The first kappa shape index (κ1) is 21.0. The van der Waals surface area contributed by atoms with Crippen molar-refractivity contribution in [2.45, 2.75) is 39.2 Å². The summed E-state index contributed by atoms with van der Waals surface area (Å²) in [5.74, 6) is -0.960. The summed E-state index contributed by atoms with van der Waals surface area (Å²) in [4.78, 5) is 19.4. The summed E-state index contributed by atoms with van der Waals surface area (Å²) in [6.07, 6.45) is 4.73. The van der Waals surface area contributed by atoms with E-state index in [-0.39, 0.29) is 11.8 Å². The lowest BCUT2D eigenvalue weighted by molar-refractivity contribution is -0.387. The van der Waals surface area contributed by atoms with Gasteiger partial charge < -0.3 is 9.88 Å². The number of halogens is 2. The van der Waals surface area contributed by atoms with Crippen molar-refractivity contribution in [1.29, 1.82) is 0 Å². The molecule has 3 heterocycles. The first-order valence-corrected chi connectivity index (χ1v) is 10.8. The highest BCUT2D eigenvalue weighted by Gasteiger charge is 2.24. The predicted octanol–water partition coefficient (Wildman–Crippen LogP) is 5.93. The van der Waals surface area contributed by atoms with Crippen LogP contribution in [0.15, 0.2) is 42.6 Å². The van der Waals surface area contributed by atoms with Crippen molar-refractivity contribution in [2.24, 2.45) is 0 Å². The average Bonchev–Trinajstić information content (AvgIpc) is 3.36. The Morgan fingerprint density at radius 3 is 2.85 bits per heavy atom. The summed E-state index contributed by atoms with van der Waals surface area (Å²) in [5, 5.41) is 15.1. The highest BCUT2D eigenvalue weighted by Crippen LogP contribution is 2.38. The highest BCUT2D eigenvalue weighted by atomic mass is 19.1. The minimum atomic E-state index is -0.874. The van der Waals surface area contributed by atoms with Gasteiger partial charge in [0.2, 0.25) is 11.8 Å². The van der Waals surface area contributed by atoms with E-state index in [0.717, 1.165) is 48.0 Å². The number of fused-ring (bicyclic) bond motifs is 3. The average molecular weight is 449 g/mol. The van der Waals surface area contributed by atoms with Gasteiger partial charge in [0.25, 0.3) is 0 Å². The van der Waals surface area contributed by atoms with Gasteiger partial charge in [-0.3, -0.25) is 10.1 Å². The molecule has 0 radical (unpaired) electrons. The number of nitrogens with one attached hydrogen (secondary N) is 1. The Hall–Kier alpha value is -3.88. The second-order valence-corrected chi connectivity index (χ2v) is 8.10. The molecule has 0 saturated heterocycles. The molecule has 1 N–H and O–H groups in total. The maximum Gasteiger partial charge on any atom is 0.306 e. The van der Waals surface area contributed by atoms with Gasteiger partial charge in [-0.2, -0.15) is 4.39 Å². The van der Waals surface area contributed by atoms with E-state index in [1.54, 1.807) is 18.3 Å². The zero-order valence-electron chi connectivity index (χ0n) is 17.9. The van der Waals surface area contributed by atoms with Crippen LogP contribution in [0.4, 0.5) is 26.1 Å². The van der Waals surface area contributed by atoms with Gasteiger partial charge in [-0.15, -0.1) is 0 Å². The molecule has 0 atom stereocenters. The lowest BCUT2D eigenvalue weighted by Gasteiger charge is -2.12. The largest absolute Gasteiger partial charge is 0.344 e. The van der Waals surface area contributed by atoms with E-state index in [4.69, 9.17) is 0 Å². The number of rotatable bonds is 6. The van der Waals surface area contributed by atoms with Gasteiger partial charge in [0.05, 0.1) is 16.3 Å². The van der Waals surface area contributed by atoms with Crippen LogP contribution in [-0.4, -0.2) is 19.5 Å². The summed E-state index contributed by atoms with van der Waals surface area (Å²) >= 11 is 0. The van der Waals surface area contributed by atoms with E-state index in [1.807, 2.05) is 6.92 Å². The zero-order valence-corrected chi connectivity index (χ0v) is 17.9. The van der Waals surface area contributed by atoms with Crippen LogP contribution in [0.1, 0.15) is 31.0 Å². The summed E-state index contributed by atoms with van der Waals surface area (Å²) < 4.78 is 30.4. The van der Waals surface area contributed by atoms with Crippen LogP contribution in [0, 0.1) is 21.7 Å². The SMILES string of the molecule is CCCc1cc(F)c([N+](=O)[O-])cc1Nc1nccc(-c2c3n(c4ccc(F)cc24)CCC3)n1. The van der Waals surface area contributed by atoms with Crippen molar-refractivity contribution in [3.63, 3.8) is 0 Å². The fraction of sp³-hybridized carbons (Fsp3) is 0.250. The van der Waals surface area contributed by atoms with Gasteiger partial charge in [-0.25, -0.2) is 14.4 Å². The minimum Gasteiger partial charge on any atom is -0.344 e. The number of hydrogen-bond donors (Lipinski definition) is 1. The van der Waals surface area contributed by atoms with E-state index in [0.29, 0.717) is 23.4 Å². The molecular weight excluding hydrogens is 428 g/mol. The van der Waals surface area contributed by atoms with E-state index >= 15 is 0 Å². The summed E-state index contributed by atoms with van der Waals surface area (Å²) in [6, 6.07) is 8.90. The number of anilines is 2. The Labute approximate surface area is 188 Å². The van der Waals surface area contributed by atoms with Crippen LogP contribution in [0.3, 0.4) is 0 Å². The van der Waals surface area contributed by atoms with Crippen molar-refractivity contribution in [2.75, 3.05) is 5.32 Å². The fourth-order valence-corrected chi connectivity index (χ4v) is 4.60. The number of nitrogens with zero attached hydrogens (tertiary/aromatic N) is 4. The molecule has 168 valence electrons. The van der Waals surface area contributed by atoms with Crippen molar-refractivity contribution in [3.8, 4) is 11.3 Å². The van der Waals surface area contributed by atoms with Crippen molar-refractivity contribution >= 4 is 28.2 Å². The van der Waals surface area contributed by atoms with Gasteiger partial charge in [0.1, 0.15) is 5.82 Å². The molecule has 1 aliphatic heterocycles. The van der Waals surface area contributed by atoms with Crippen molar-refractivity contribution < 1.29 is 13.7 Å². The first-order valence-electron chi connectivity index (χ1n) is 10.8. The van der Waals surface area contributed by atoms with Gasteiger partial charge in [-0.05, 0) is 55.2 Å². The molecular formula is C24H21F2N5O2. The Bertz CT molecular complexity index is 1400.